The van der Waals surface area contributed by atoms with Crippen LogP contribution in [0.4, 0.5) is 11.6 Å². The van der Waals surface area contributed by atoms with Gasteiger partial charge < -0.3 is 19.4 Å². The van der Waals surface area contributed by atoms with E-state index in [1.165, 1.54) is 0 Å². The summed E-state index contributed by atoms with van der Waals surface area (Å²) in [5.41, 5.74) is 3.12. The van der Waals surface area contributed by atoms with Gasteiger partial charge in [-0.2, -0.15) is 0 Å². The lowest BCUT2D eigenvalue weighted by molar-refractivity contribution is -0.134. The van der Waals surface area contributed by atoms with E-state index in [0.29, 0.717) is 12.5 Å². The Morgan fingerprint density at radius 1 is 1.11 bits per heavy atom. The van der Waals surface area contributed by atoms with Crippen LogP contribution in [0.2, 0.25) is 0 Å². The highest BCUT2D eigenvalue weighted by Gasteiger charge is 2.20. The lowest BCUT2D eigenvalue weighted by Gasteiger charge is -2.22. The minimum Gasteiger partial charge on any atom is -0.378 e. The molecule has 1 aromatic carbocycles. The molecule has 1 fully saturated rings. The SMILES string of the molecule is COCC(=O)N1CCCN(c2nccc(-c3ccc(N(C)C)cc3)n2)CC1. The van der Waals surface area contributed by atoms with Crippen molar-refractivity contribution in [2.24, 2.45) is 0 Å². The molecule has 1 amide bonds. The molecule has 0 spiro atoms. The van der Waals surface area contributed by atoms with Crippen LogP contribution in [-0.4, -0.2) is 74.8 Å². The second-order valence-electron chi connectivity index (χ2n) is 6.84. The Labute approximate surface area is 160 Å². The van der Waals surface area contributed by atoms with Crippen molar-refractivity contribution in [2.45, 2.75) is 6.42 Å². The topological polar surface area (TPSA) is 61.8 Å². The number of nitrogens with zero attached hydrogens (tertiary/aromatic N) is 5. The first-order chi connectivity index (χ1) is 13.1. The van der Waals surface area contributed by atoms with Crippen molar-refractivity contribution >= 4 is 17.5 Å². The van der Waals surface area contributed by atoms with E-state index in [4.69, 9.17) is 9.72 Å². The molecule has 0 N–H and O–H groups in total. The number of hydrogen-bond donors (Lipinski definition) is 0. The minimum absolute atomic E-state index is 0.0370. The molecule has 0 aliphatic carbocycles. The van der Waals surface area contributed by atoms with Crippen LogP contribution in [0.1, 0.15) is 6.42 Å². The Balaban J connectivity index is 1.72. The molecule has 1 aliphatic rings. The van der Waals surface area contributed by atoms with Gasteiger partial charge in [-0.05, 0) is 24.6 Å². The van der Waals surface area contributed by atoms with Gasteiger partial charge in [0.2, 0.25) is 11.9 Å². The van der Waals surface area contributed by atoms with Crippen molar-refractivity contribution in [3.05, 3.63) is 36.5 Å². The van der Waals surface area contributed by atoms with Gasteiger partial charge in [-0.1, -0.05) is 12.1 Å². The van der Waals surface area contributed by atoms with Crippen molar-refractivity contribution < 1.29 is 9.53 Å². The van der Waals surface area contributed by atoms with Gasteiger partial charge in [0.05, 0.1) is 5.69 Å². The first kappa shape index (κ1) is 19.1. The minimum atomic E-state index is 0.0370. The highest BCUT2D eigenvalue weighted by atomic mass is 16.5. The number of benzene rings is 1. The number of amides is 1. The van der Waals surface area contributed by atoms with Crippen LogP contribution in [0.3, 0.4) is 0 Å². The summed E-state index contributed by atoms with van der Waals surface area (Å²) in [6.45, 7) is 3.09. The molecule has 1 aliphatic heterocycles. The van der Waals surface area contributed by atoms with Crippen molar-refractivity contribution in [1.82, 2.24) is 14.9 Å². The number of rotatable bonds is 5. The molecular weight excluding hydrogens is 342 g/mol. The highest BCUT2D eigenvalue weighted by molar-refractivity contribution is 5.77. The van der Waals surface area contributed by atoms with Gasteiger partial charge in [-0.3, -0.25) is 4.79 Å². The molecule has 0 bridgehead atoms. The number of ether oxygens (including phenoxy) is 1. The molecule has 0 saturated carbocycles. The van der Waals surface area contributed by atoms with Crippen LogP contribution in [0.25, 0.3) is 11.3 Å². The summed E-state index contributed by atoms with van der Waals surface area (Å²) in [6.07, 6.45) is 2.69. The van der Waals surface area contributed by atoms with Gasteiger partial charge in [0.15, 0.2) is 0 Å². The van der Waals surface area contributed by atoms with E-state index >= 15 is 0 Å². The van der Waals surface area contributed by atoms with Gasteiger partial charge >= 0.3 is 0 Å². The third-order valence-electron chi connectivity index (χ3n) is 4.72. The summed E-state index contributed by atoms with van der Waals surface area (Å²) >= 11 is 0. The van der Waals surface area contributed by atoms with Gasteiger partial charge in [-0.25, -0.2) is 9.97 Å². The standard InChI is InChI=1S/C20H27N5O2/c1-23(2)17-7-5-16(6-8-17)18-9-10-21-20(22-18)25-12-4-11-24(13-14-25)19(26)15-27-3/h5-10H,4,11-15H2,1-3H3. The lowest BCUT2D eigenvalue weighted by Crippen LogP contribution is -2.37. The Morgan fingerprint density at radius 2 is 1.89 bits per heavy atom. The molecule has 7 heteroatoms. The van der Waals surface area contributed by atoms with E-state index in [0.717, 1.165) is 43.0 Å². The molecule has 3 rings (SSSR count). The van der Waals surface area contributed by atoms with Crippen LogP contribution in [-0.2, 0) is 9.53 Å². The first-order valence-corrected chi connectivity index (χ1v) is 9.21. The van der Waals surface area contributed by atoms with Gasteiger partial charge in [-0.15, -0.1) is 0 Å². The maximum absolute atomic E-state index is 12.1. The predicted molar refractivity (Wildman–Crippen MR) is 107 cm³/mol. The largest absolute Gasteiger partial charge is 0.378 e. The molecule has 144 valence electrons. The van der Waals surface area contributed by atoms with Crippen LogP contribution in [0.5, 0.6) is 0 Å². The molecule has 2 heterocycles. The van der Waals surface area contributed by atoms with E-state index in [9.17, 15) is 4.79 Å². The molecule has 0 atom stereocenters. The molecule has 0 radical (unpaired) electrons. The van der Waals surface area contributed by atoms with Gasteiger partial charge in [0.25, 0.3) is 0 Å². The van der Waals surface area contributed by atoms with Crippen LogP contribution >= 0.6 is 0 Å². The Hall–Kier alpha value is -2.67. The van der Waals surface area contributed by atoms with Crippen molar-refractivity contribution in [2.75, 3.05) is 63.8 Å². The summed E-state index contributed by atoms with van der Waals surface area (Å²) in [5, 5.41) is 0. The number of carbonyl (C=O) groups excluding carboxylic acids is 1. The zero-order chi connectivity index (χ0) is 19.2. The summed E-state index contributed by atoms with van der Waals surface area (Å²) in [7, 11) is 5.60. The summed E-state index contributed by atoms with van der Waals surface area (Å²) < 4.78 is 4.96. The zero-order valence-corrected chi connectivity index (χ0v) is 16.3. The molecule has 1 saturated heterocycles. The van der Waals surface area contributed by atoms with Crippen molar-refractivity contribution in [1.29, 1.82) is 0 Å². The summed E-state index contributed by atoms with van der Waals surface area (Å²) in [4.78, 5) is 27.4. The average molecular weight is 369 g/mol. The first-order valence-electron chi connectivity index (χ1n) is 9.21. The molecule has 27 heavy (non-hydrogen) atoms. The maximum atomic E-state index is 12.1. The van der Waals surface area contributed by atoms with Crippen molar-refractivity contribution in [3.8, 4) is 11.3 Å². The number of hydrogen-bond acceptors (Lipinski definition) is 6. The third-order valence-corrected chi connectivity index (χ3v) is 4.72. The fourth-order valence-corrected chi connectivity index (χ4v) is 3.17. The molecular formula is C20H27N5O2. The third kappa shape index (κ3) is 4.74. The fourth-order valence-electron chi connectivity index (χ4n) is 3.17. The van der Waals surface area contributed by atoms with E-state index in [2.05, 4.69) is 39.0 Å². The Morgan fingerprint density at radius 3 is 2.59 bits per heavy atom. The summed E-state index contributed by atoms with van der Waals surface area (Å²) in [5.74, 6) is 0.750. The number of anilines is 2. The van der Waals surface area contributed by atoms with E-state index in [-0.39, 0.29) is 12.5 Å². The van der Waals surface area contributed by atoms with E-state index in [1.54, 1.807) is 13.3 Å². The quantitative estimate of drug-likeness (QED) is 0.802. The van der Waals surface area contributed by atoms with Crippen molar-refractivity contribution in [3.63, 3.8) is 0 Å². The number of carbonyl (C=O) groups is 1. The number of methoxy groups -OCH3 is 1. The fraction of sp³-hybridized carbons (Fsp3) is 0.450. The van der Waals surface area contributed by atoms with Crippen LogP contribution in [0, 0.1) is 0 Å². The summed E-state index contributed by atoms with van der Waals surface area (Å²) in [6, 6.07) is 10.3. The number of aromatic nitrogens is 2. The van der Waals surface area contributed by atoms with Crippen LogP contribution < -0.4 is 9.80 Å². The zero-order valence-electron chi connectivity index (χ0n) is 16.3. The predicted octanol–water partition coefficient (Wildman–Crippen LogP) is 1.89. The molecule has 1 aromatic heterocycles. The Bertz CT molecular complexity index is 763. The second-order valence-corrected chi connectivity index (χ2v) is 6.84. The van der Waals surface area contributed by atoms with E-state index in [1.807, 2.05) is 25.1 Å². The molecule has 0 unspecified atom stereocenters. The lowest BCUT2D eigenvalue weighted by atomic mass is 10.1. The average Bonchev–Trinajstić information content (AvgIpc) is 2.95. The van der Waals surface area contributed by atoms with Crippen LogP contribution in [0.15, 0.2) is 36.5 Å². The highest BCUT2D eigenvalue weighted by Crippen LogP contribution is 2.22. The Kier molecular flexibility index (Phi) is 6.24. The maximum Gasteiger partial charge on any atom is 0.248 e. The molecule has 2 aromatic rings. The second kappa shape index (κ2) is 8.81. The smallest absolute Gasteiger partial charge is 0.248 e. The monoisotopic (exact) mass is 369 g/mol. The van der Waals surface area contributed by atoms with Gasteiger partial charge in [0.1, 0.15) is 6.61 Å². The molecule has 7 nitrogen and oxygen atoms in total. The normalized spacial score (nSPS) is 14.8. The van der Waals surface area contributed by atoms with E-state index < -0.39 is 0 Å². The van der Waals surface area contributed by atoms with Gasteiger partial charge in [0, 0.05) is 64.8 Å².